The molecule has 0 fully saturated rings. The van der Waals surface area contributed by atoms with Gasteiger partial charge in [0.2, 0.25) is 5.91 Å². The van der Waals surface area contributed by atoms with Gasteiger partial charge in [0.05, 0.1) is 18.0 Å². The van der Waals surface area contributed by atoms with Crippen LogP contribution in [-0.4, -0.2) is 33.2 Å². The fraction of sp³-hybridized carbons (Fsp3) is 0.435. The molecule has 3 heterocycles. The van der Waals surface area contributed by atoms with Gasteiger partial charge < -0.3 is 14.8 Å². The van der Waals surface area contributed by atoms with Crippen LogP contribution >= 0.6 is 0 Å². The summed E-state index contributed by atoms with van der Waals surface area (Å²) in [5.74, 6) is 1.43. The van der Waals surface area contributed by atoms with Crippen LogP contribution in [0, 0.1) is 20.8 Å². The second-order valence-electron chi connectivity index (χ2n) is 7.89. The Labute approximate surface area is 176 Å². The second-order valence-corrected chi connectivity index (χ2v) is 7.89. The van der Waals surface area contributed by atoms with Gasteiger partial charge in [0, 0.05) is 41.9 Å². The monoisotopic (exact) mass is 408 g/mol. The first-order chi connectivity index (χ1) is 14.4. The van der Waals surface area contributed by atoms with E-state index < -0.39 is 0 Å². The smallest absolute Gasteiger partial charge is 0.224 e. The summed E-state index contributed by atoms with van der Waals surface area (Å²) in [6.07, 6.45) is 1.92. The first kappa shape index (κ1) is 20.2. The van der Waals surface area contributed by atoms with Crippen molar-refractivity contribution in [3.8, 4) is 11.5 Å². The van der Waals surface area contributed by atoms with E-state index >= 15 is 0 Å². The predicted octanol–water partition coefficient (Wildman–Crippen LogP) is 3.95. The molecule has 0 saturated carbocycles. The minimum atomic E-state index is -0.0718. The molecule has 0 spiro atoms. The van der Waals surface area contributed by atoms with E-state index in [0.29, 0.717) is 30.9 Å². The van der Waals surface area contributed by atoms with E-state index in [0.717, 1.165) is 46.0 Å². The van der Waals surface area contributed by atoms with Crippen LogP contribution in [0.15, 0.2) is 18.2 Å². The number of hydrogen-bond acceptors (Lipinski definition) is 5. The van der Waals surface area contributed by atoms with Crippen molar-refractivity contribution in [1.82, 2.24) is 14.6 Å². The number of fused-ring (bicyclic) bond motifs is 2. The van der Waals surface area contributed by atoms with E-state index in [1.807, 2.05) is 57.3 Å². The average Bonchev–Trinajstić information content (AvgIpc) is 3.22. The molecule has 7 heteroatoms. The van der Waals surface area contributed by atoms with E-state index in [9.17, 15) is 4.79 Å². The third-order valence-electron chi connectivity index (χ3n) is 5.46. The summed E-state index contributed by atoms with van der Waals surface area (Å²) in [5, 5.41) is 7.51. The molecule has 0 saturated heterocycles. The van der Waals surface area contributed by atoms with Crippen molar-refractivity contribution in [1.29, 1.82) is 0 Å². The van der Waals surface area contributed by atoms with Gasteiger partial charge in [-0.3, -0.25) is 4.79 Å². The zero-order valence-electron chi connectivity index (χ0n) is 18.2. The number of benzene rings is 1. The van der Waals surface area contributed by atoms with E-state index in [2.05, 4.69) is 15.4 Å². The molecule has 1 aliphatic rings. The average molecular weight is 409 g/mol. The number of carbonyl (C=O) groups is 1. The molecule has 0 radical (unpaired) electrons. The van der Waals surface area contributed by atoms with E-state index in [1.54, 1.807) is 0 Å². The van der Waals surface area contributed by atoms with Crippen LogP contribution in [0.4, 0.5) is 5.69 Å². The largest absolute Gasteiger partial charge is 0.492 e. The van der Waals surface area contributed by atoms with Crippen molar-refractivity contribution in [3.63, 3.8) is 0 Å². The quantitative estimate of drug-likeness (QED) is 0.668. The lowest BCUT2D eigenvalue weighted by Gasteiger charge is -2.14. The van der Waals surface area contributed by atoms with Crippen molar-refractivity contribution in [3.05, 3.63) is 46.4 Å². The number of ether oxygens (including phenoxy) is 2. The number of rotatable bonds is 6. The van der Waals surface area contributed by atoms with Crippen LogP contribution in [-0.2, 0) is 17.6 Å². The molecule has 30 heavy (non-hydrogen) atoms. The van der Waals surface area contributed by atoms with Gasteiger partial charge in [0.15, 0.2) is 5.65 Å². The highest BCUT2D eigenvalue weighted by Crippen LogP contribution is 2.38. The lowest BCUT2D eigenvalue weighted by Crippen LogP contribution is -2.15. The number of anilines is 1. The lowest BCUT2D eigenvalue weighted by molar-refractivity contribution is -0.116. The van der Waals surface area contributed by atoms with Gasteiger partial charge in [0.1, 0.15) is 17.6 Å². The number of aromatic nitrogens is 3. The number of nitrogens with zero attached hydrogens (tertiary/aromatic N) is 3. The van der Waals surface area contributed by atoms with Gasteiger partial charge in [-0.05, 0) is 52.7 Å². The van der Waals surface area contributed by atoms with Crippen LogP contribution in [0.1, 0.15) is 48.5 Å². The molecule has 0 aliphatic carbocycles. The highest BCUT2D eigenvalue weighted by atomic mass is 16.5. The molecule has 0 unspecified atom stereocenters. The first-order valence-corrected chi connectivity index (χ1v) is 10.4. The summed E-state index contributed by atoms with van der Waals surface area (Å²) < 4.78 is 13.4. The number of hydrogen-bond donors (Lipinski definition) is 1. The Bertz CT molecular complexity index is 1120. The number of amides is 1. The molecule has 7 nitrogen and oxygen atoms in total. The standard InChI is InChI=1S/C23H28N4O3/c1-6-29-21-11-17-10-14(3)30-20(17)12-19(21)25-23(28)8-7-18-15(4)24-22-9-13(2)26-27(22)16(18)5/h9,11-12,14H,6-8,10H2,1-5H3,(H,25,28)/t14-/m0/s1. The van der Waals surface area contributed by atoms with Gasteiger partial charge in [-0.25, -0.2) is 9.50 Å². The van der Waals surface area contributed by atoms with Gasteiger partial charge in [0.25, 0.3) is 0 Å². The van der Waals surface area contributed by atoms with Crippen molar-refractivity contribution in [2.45, 2.75) is 60.0 Å². The summed E-state index contributed by atoms with van der Waals surface area (Å²) in [6.45, 7) is 10.5. The van der Waals surface area contributed by atoms with Crippen molar-refractivity contribution >= 4 is 17.2 Å². The maximum Gasteiger partial charge on any atom is 0.224 e. The molecule has 0 bridgehead atoms. The SMILES string of the molecule is CCOc1cc2c(cc1NC(=O)CCc1c(C)nc3cc(C)nn3c1C)O[C@@H](C)C2. The molecule has 1 N–H and O–H groups in total. The number of nitrogens with one attached hydrogen (secondary N) is 1. The van der Waals surface area contributed by atoms with E-state index in [1.165, 1.54) is 0 Å². The molecule has 1 amide bonds. The van der Waals surface area contributed by atoms with Gasteiger partial charge in [-0.2, -0.15) is 5.10 Å². The van der Waals surface area contributed by atoms with Crippen molar-refractivity contribution < 1.29 is 14.3 Å². The van der Waals surface area contributed by atoms with Gasteiger partial charge in [-0.15, -0.1) is 0 Å². The summed E-state index contributed by atoms with van der Waals surface area (Å²) in [4.78, 5) is 17.4. The Balaban J connectivity index is 1.51. The molecule has 2 aromatic heterocycles. The molecular weight excluding hydrogens is 380 g/mol. The number of carbonyl (C=O) groups excluding carboxylic acids is 1. The maximum absolute atomic E-state index is 12.7. The fourth-order valence-electron chi connectivity index (χ4n) is 4.07. The molecule has 158 valence electrons. The molecule has 1 aromatic carbocycles. The molecular formula is C23H28N4O3. The number of aryl methyl sites for hydroxylation is 3. The fourth-order valence-corrected chi connectivity index (χ4v) is 4.07. The van der Waals surface area contributed by atoms with Crippen LogP contribution in [0.25, 0.3) is 5.65 Å². The van der Waals surface area contributed by atoms with E-state index in [4.69, 9.17) is 9.47 Å². The lowest BCUT2D eigenvalue weighted by atomic mass is 10.1. The Morgan fingerprint density at radius 1 is 1.30 bits per heavy atom. The molecule has 4 rings (SSSR count). The summed E-state index contributed by atoms with van der Waals surface area (Å²) >= 11 is 0. The van der Waals surface area contributed by atoms with Crippen LogP contribution < -0.4 is 14.8 Å². The molecule has 1 aliphatic heterocycles. The Hall–Kier alpha value is -3.09. The molecule has 1 atom stereocenters. The predicted molar refractivity (Wildman–Crippen MR) is 116 cm³/mol. The van der Waals surface area contributed by atoms with Crippen LogP contribution in [0.5, 0.6) is 11.5 Å². The molecule has 3 aromatic rings. The topological polar surface area (TPSA) is 77.8 Å². The third-order valence-corrected chi connectivity index (χ3v) is 5.46. The van der Waals surface area contributed by atoms with Gasteiger partial charge in [-0.1, -0.05) is 0 Å². The first-order valence-electron chi connectivity index (χ1n) is 10.4. The van der Waals surface area contributed by atoms with Crippen LogP contribution in [0.3, 0.4) is 0 Å². The second kappa shape index (κ2) is 7.97. The Morgan fingerprint density at radius 3 is 2.87 bits per heavy atom. The van der Waals surface area contributed by atoms with Gasteiger partial charge >= 0.3 is 0 Å². The highest BCUT2D eigenvalue weighted by molar-refractivity contribution is 5.93. The maximum atomic E-state index is 12.7. The Kier molecular flexibility index (Phi) is 5.37. The summed E-state index contributed by atoms with van der Waals surface area (Å²) in [6, 6.07) is 5.81. The third kappa shape index (κ3) is 3.84. The zero-order chi connectivity index (χ0) is 21.4. The zero-order valence-corrected chi connectivity index (χ0v) is 18.2. The Morgan fingerprint density at radius 2 is 2.10 bits per heavy atom. The van der Waals surface area contributed by atoms with Crippen molar-refractivity contribution in [2.75, 3.05) is 11.9 Å². The summed E-state index contributed by atoms with van der Waals surface area (Å²) in [5.41, 5.74) is 6.54. The van der Waals surface area contributed by atoms with Crippen LogP contribution in [0.2, 0.25) is 0 Å². The minimum Gasteiger partial charge on any atom is -0.492 e. The van der Waals surface area contributed by atoms with Crippen molar-refractivity contribution in [2.24, 2.45) is 0 Å². The highest BCUT2D eigenvalue weighted by Gasteiger charge is 2.23. The summed E-state index contributed by atoms with van der Waals surface area (Å²) in [7, 11) is 0. The normalized spacial score (nSPS) is 15.2. The van der Waals surface area contributed by atoms with E-state index in [-0.39, 0.29) is 12.0 Å². The minimum absolute atomic E-state index is 0.0718.